The summed E-state index contributed by atoms with van der Waals surface area (Å²) in [5.41, 5.74) is 1.86. The maximum Gasteiger partial charge on any atom is 0.373 e. The van der Waals surface area contributed by atoms with E-state index in [1.165, 1.54) is 5.57 Å². The second-order valence-electron chi connectivity index (χ2n) is 11.7. The highest BCUT2D eigenvalue weighted by Gasteiger charge is 2.62. The molecule has 0 bridgehead atoms. The van der Waals surface area contributed by atoms with Crippen LogP contribution in [0, 0.1) is 28.6 Å². The Hall–Kier alpha value is -2.22. The number of hydrogen-bond acceptors (Lipinski definition) is 7. The Kier molecular flexibility index (Phi) is 5.66. The number of fused-ring (bicyclic) bond motifs is 5. The summed E-state index contributed by atoms with van der Waals surface area (Å²) in [5.74, 6) is 0.0438. The van der Waals surface area contributed by atoms with Gasteiger partial charge < -0.3 is 14.8 Å². The van der Waals surface area contributed by atoms with Gasteiger partial charge in [0.15, 0.2) is 0 Å². The molecule has 0 aromatic rings. The van der Waals surface area contributed by atoms with Crippen molar-refractivity contribution in [1.29, 1.82) is 0 Å². The number of carbonyl (C=O) groups is 3. The fraction of sp³-hybridized carbons (Fsp3) is 0.769. The number of carbonyl (C=O) groups excluding carboxylic acids is 3. The first-order chi connectivity index (χ1) is 16.0. The Morgan fingerprint density at radius 3 is 2.47 bits per heavy atom. The molecule has 4 aliphatic carbocycles. The summed E-state index contributed by atoms with van der Waals surface area (Å²) in [4.78, 5) is 45.1. The predicted octanol–water partition coefficient (Wildman–Crippen LogP) is 3.68. The van der Waals surface area contributed by atoms with Gasteiger partial charge in [0.05, 0.1) is 11.3 Å². The van der Waals surface area contributed by atoms with E-state index in [1.54, 1.807) is 0 Å². The molecular weight excluding hydrogens is 436 g/mol. The van der Waals surface area contributed by atoms with Gasteiger partial charge in [-0.2, -0.15) is 0 Å². The molecule has 3 saturated carbocycles. The van der Waals surface area contributed by atoms with Crippen molar-refractivity contribution in [2.45, 2.75) is 90.6 Å². The summed E-state index contributed by atoms with van der Waals surface area (Å²) in [5, 5.41) is 15.8. The van der Waals surface area contributed by atoms with Crippen LogP contribution in [0.5, 0.6) is 0 Å². The maximum atomic E-state index is 11.9. The van der Waals surface area contributed by atoms with Gasteiger partial charge in [-0.3, -0.25) is 9.59 Å². The van der Waals surface area contributed by atoms with Gasteiger partial charge in [-0.1, -0.05) is 24.6 Å². The SMILES string of the molecule is CC12CCC(=NOCC(=O)ON3C(=O)CCC3=O)C=C1CCC1C2CCC2(C)C1CCC2(C)O. The van der Waals surface area contributed by atoms with Crippen LogP contribution >= 0.6 is 0 Å². The van der Waals surface area contributed by atoms with Crippen molar-refractivity contribution in [3.8, 4) is 0 Å². The molecule has 1 N–H and O–H groups in total. The van der Waals surface area contributed by atoms with E-state index in [0.29, 0.717) is 22.8 Å². The van der Waals surface area contributed by atoms with Gasteiger partial charge in [0.1, 0.15) is 0 Å². The average Bonchev–Trinajstić information content (AvgIpc) is 3.23. The summed E-state index contributed by atoms with van der Waals surface area (Å²) in [7, 11) is 0. The van der Waals surface area contributed by atoms with Gasteiger partial charge >= 0.3 is 5.97 Å². The quantitative estimate of drug-likeness (QED) is 0.494. The van der Waals surface area contributed by atoms with Crippen LogP contribution in [0.4, 0.5) is 0 Å². The highest BCUT2D eigenvalue weighted by Crippen LogP contribution is 2.67. The van der Waals surface area contributed by atoms with Gasteiger partial charge in [0.25, 0.3) is 11.8 Å². The molecule has 6 atom stereocenters. The summed E-state index contributed by atoms with van der Waals surface area (Å²) in [6, 6.07) is 0. The molecule has 1 saturated heterocycles. The number of nitrogens with zero attached hydrogens (tertiary/aromatic N) is 2. The number of aliphatic hydroxyl groups is 1. The molecule has 0 spiro atoms. The first kappa shape index (κ1) is 23.5. The molecule has 5 rings (SSSR count). The Morgan fingerprint density at radius 2 is 1.74 bits per heavy atom. The van der Waals surface area contributed by atoms with Crippen molar-refractivity contribution < 1.29 is 29.2 Å². The first-order valence-corrected chi connectivity index (χ1v) is 12.7. The minimum Gasteiger partial charge on any atom is -0.390 e. The molecule has 1 aliphatic heterocycles. The van der Waals surface area contributed by atoms with Crippen molar-refractivity contribution in [3.63, 3.8) is 0 Å². The third-order valence-corrected chi connectivity index (χ3v) is 10.1. The Balaban J connectivity index is 1.22. The molecule has 4 fully saturated rings. The Morgan fingerprint density at radius 1 is 1.03 bits per heavy atom. The number of allylic oxidation sites excluding steroid dienone is 2. The van der Waals surface area contributed by atoms with Crippen molar-refractivity contribution in [3.05, 3.63) is 11.6 Å². The number of hydrogen-bond donors (Lipinski definition) is 1. The Bertz CT molecular complexity index is 954. The van der Waals surface area contributed by atoms with Crippen LogP contribution in [0.3, 0.4) is 0 Å². The third kappa shape index (κ3) is 3.60. The topological polar surface area (TPSA) is 106 Å². The van der Waals surface area contributed by atoms with E-state index in [1.807, 2.05) is 6.92 Å². The molecule has 0 aromatic heterocycles. The van der Waals surface area contributed by atoms with Crippen molar-refractivity contribution in [2.24, 2.45) is 33.7 Å². The minimum atomic E-state index is -0.820. The lowest BCUT2D eigenvalue weighted by molar-refractivity contribution is -0.200. The van der Waals surface area contributed by atoms with Crippen LogP contribution < -0.4 is 0 Å². The zero-order valence-electron chi connectivity index (χ0n) is 20.5. The van der Waals surface area contributed by atoms with Gasteiger partial charge in [-0.15, -0.1) is 5.06 Å². The number of rotatable bonds is 4. The summed E-state index contributed by atoms with van der Waals surface area (Å²) < 4.78 is 0. The standard InChI is InChI=1S/C26H36N2O6/c1-24-11-8-17(27-33-15-23(31)34-28-21(29)6-7-22(28)30)14-16(24)4-5-18-19(24)9-12-25(2)20(18)10-13-26(25,3)32/h14,18-20,32H,4-13,15H2,1-3H3. The Labute approximate surface area is 200 Å². The number of imide groups is 1. The molecule has 0 radical (unpaired) electrons. The van der Waals surface area contributed by atoms with Gasteiger partial charge in [0, 0.05) is 12.8 Å². The number of oxime groups is 1. The van der Waals surface area contributed by atoms with Crippen LogP contribution in [0.15, 0.2) is 16.8 Å². The zero-order chi connectivity index (χ0) is 24.3. The number of hydroxylamine groups is 2. The monoisotopic (exact) mass is 472 g/mol. The van der Waals surface area contributed by atoms with Crippen LogP contribution in [0.2, 0.25) is 0 Å². The van der Waals surface area contributed by atoms with E-state index >= 15 is 0 Å². The molecule has 6 unspecified atom stereocenters. The predicted molar refractivity (Wildman–Crippen MR) is 123 cm³/mol. The fourth-order valence-electron chi connectivity index (χ4n) is 7.84. The molecule has 186 valence electrons. The molecule has 2 amide bonds. The van der Waals surface area contributed by atoms with Crippen molar-refractivity contribution in [2.75, 3.05) is 6.61 Å². The molecule has 8 heteroatoms. The van der Waals surface area contributed by atoms with E-state index in [4.69, 9.17) is 9.68 Å². The van der Waals surface area contributed by atoms with E-state index in [-0.39, 0.29) is 23.7 Å². The van der Waals surface area contributed by atoms with Crippen molar-refractivity contribution in [1.82, 2.24) is 5.06 Å². The molecule has 1 heterocycles. The lowest BCUT2D eigenvalue weighted by Gasteiger charge is -2.59. The summed E-state index contributed by atoms with van der Waals surface area (Å²) >= 11 is 0. The normalized spacial score (nSPS) is 42.7. The molecule has 0 aromatic carbocycles. The van der Waals surface area contributed by atoms with Gasteiger partial charge in [-0.25, -0.2) is 4.79 Å². The second-order valence-corrected chi connectivity index (χ2v) is 11.7. The molecular formula is C26H36N2O6. The van der Waals surface area contributed by atoms with Gasteiger partial charge in [0.2, 0.25) is 6.61 Å². The van der Waals surface area contributed by atoms with Crippen LogP contribution in [-0.2, 0) is 24.1 Å². The smallest absolute Gasteiger partial charge is 0.373 e. The summed E-state index contributed by atoms with van der Waals surface area (Å²) in [6.45, 7) is 6.32. The summed E-state index contributed by atoms with van der Waals surface area (Å²) in [6.07, 6.45) is 10.5. The van der Waals surface area contributed by atoms with Crippen LogP contribution in [-0.4, -0.2) is 45.9 Å². The highest BCUT2D eigenvalue weighted by atomic mass is 16.7. The van der Waals surface area contributed by atoms with E-state index in [2.05, 4.69) is 25.1 Å². The third-order valence-electron chi connectivity index (χ3n) is 10.1. The van der Waals surface area contributed by atoms with E-state index < -0.39 is 30.0 Å². The molecule has 34 heavy (non-hydrogen) atoms. The maximum absolute atomic E-state index is 11.9. The second kappa shape index (κ2) is 8.18. The van der Waals surface area contributed by atoms with Crippen LogP contribution in [0.1, 0.15) is 85.0 Å². The lowest BCUT2D eigenvalue weighted by atomic mass is 9.46. The molecule has 8 nitrogen and oxygen atoms in total. The average molecular weight is 473 g/mol. The van der Waals surface area contributed by atoms with E-state index in [0.717, 1.165) is 57.1 Å². The largest absolute Gasteiger partial charge is 0.390 e. The minimum absolute atomic E-state index is 0.0276. The van der Waals surface area contributed by atoms with Crippen LogP contribution in [0.25, 0.3) is 0 Å². The first-order valence-electron chi connectivity index (χ1n) is 12.7. The van der Waals surface area contributed by atoms with Gasteiger partial charge in [-0.05, 0) is 93.0 Å². The fourth-order valence-corrected chi connectivity index (χ4v) is 7.84. The van der Waals surface area contributed by atoms with E-state index in [9.17, 15) is 19.5 Å². The zero-order valence-corrected chi connectivity index (χ0v) is 20.5. The highest BCUT2D eigenvalue weighted by molar-refractivity contribution is 6.01. The molecule has 5 aliphatic rings. The lowest BCUT2D eigenvalue weighted by Crippen LogP contribution is -2.53. The van der Waals surface area contributed by atoms with Crippen molar-refractivity contribution >= 4 is 23.5 Å². The number of amides is 2.